The Balaban J connectivity index is 1.85. The van der Waals surface area contributed by atoms with Crippen molar-refractivity contribution in [1.29, 1.82) is 0 Å². The van der Waals surface area contributed by atoms with E-state index in [-0.39, 0.29) is 0 Å². The maximum Gasteiger partial charge on any atom is 0.237 e. The van der Waals surface area contributed by atoms with Crippen LogP contribution in [0.1, 0.15) is 18.1 Å². The summed E-state index contributed by atoms with van der Waals surface area (Å²) < 4.78 is 37.1. The molecule has 0 bridgehead atoms. The van der Waals surface area contributed by atoms with Gasteiger partial charge in [0.05, 0.1) is 20.3 Å². The number of hydrogen-bond acceptors (Lipinski definition) is 5. The number of amides is 1. The number of methoxy groups -OCH3 is 2. The molecule has 156 valence electrons. The van der Waals surface area contributed by atoms with E-state index in [0.717, 1.165) is 16.5 Å². The highest BCUT2D eigenvalue weighted by molar-refractivity contribution is 7.92. The lowest BCUT2D eigenvalue weighted by molar-refractivity contribution is -0.122. The zero-order valence-corrected chi connectivity index (χ0v) is 17.5. The zero-order valence-electron chi connectivity index (χ0n) is 16.7. The van der Waals surface area contributed by atoms with Gasteiger partial charge in [-0.2, -0.15) is 4.72 Å². The fourth-order valence-electron chi connectivity index (χ4n) is 2.59. The van der Waals surface area contributed by atoms with Crippen molar-refractivity contribution in [2.75, 3.05) is 20.8 Å². The topological polar surface area (TPSA) is 93.7 Å². The quantitative estimate of drug-likeness (QED) is 0.618. The Labute approximate surface area is 171 Å². The Morgan fingerprint density at radius 2 is 1.76 bits per heavy atom. The van der Waals surface area contributed by atoms with Gasteiger partial charge < -0.3 is 14.8 Å². The highest BCUT2D eigenvalue weighted by atomic mass is 32.2. The number of hydrogen-bond donors (Lipinski definition) is 2. The molecule has 1 atom stereocenters. The molecule has 29 heavy (non-hydrogen) atoms. The molecule has 1 amide bonds. The van der Waals surface area contributed by atoms with Crippen LogP contribution in [0, 0.1) is 0 Å². The molecule has 0 aliphatic carbocycles. The molecule has 0 saturated heterocycles. The molecule has 1 unspecified atom stereocenters. The van der Waals surface area contributed by atoms with Gasteiger partial charge in [-0.25, -0.2) is 8.42 Å². The average molecular weight is 419 g/mol. The number of carbonyl (C=O) groups is 1. The Morgan fingerprint density at radius 1 is 1.07 bits per heavy atom. The van der Waals surface area contributed by atoms with Crippen molar-refractivity contribution in [3.05, 3.63) is 65.1 Å². The number of nitrogens with one attached hydrogen (secondary N) is 2. The molecule has 2 aromatic carbocycles. The summed E-state index contributed by atoms with van der Waals surface area (Å²) in [5.41, 5.74) is 1.71. The number of rotatable bonds is 10. The standard InChI is InChI=1S/C21H26N2O5S/c1-16(23-29(25,26)14-12-17-7-5-4-6-8-17)21(24)22-13-11-18-9-10-19(27-2)20(15-18)28-3/h4-10,12,14-16,23H,11,13H2,1-3H3,(H,22,24). The molecule has 0 radical (unpaired) electrons. The summed E-state index contributed by atoms with van der Waals surface area (Å²) in [6.07, 6.45) is 2.05. The second-order valence-electron chi connectivity index (χ2n) is 6.33. The van der Waals surface area contributed by atoms with Crippen LogP contribution in [-0.2, 0) is 21.2 Å². The number of benzene rings is 2. The maximum atomic E-state index is 12.2. The number of carbonyl (C=O) groups excluding carboxylic acids is 1. The molecule has 7 nitrogen and oxygen atoms in total. The van der Waals surface area contributed by atoms with Crippen LogP contribution in [0.15, 0.2) is 53.9 Å². The molecule has 0 aliphatic rings. The lowest BCUT2D eigenvalue weighted by atomic mass is 10.1. The van der Waals surface area contributed by atoms with Crippen LogP contribution in [-0.4, -0.2) is 41.1 Å². The first-order chi connectivity index (χ1) is 13.8. The van der Waals surface area contributed by atoms with E-state index in [1.807, 2.05) is 30.3 Å². The van der Waals surface area contributed by atoms with Crippen LogP contribution < -0.4 is 19.5 Å². The van der Waals surface area contributed by atoms with Crippen LogP contribution in [0.25, 0.3) is 6.08 Å². The van der Waals surface area contributed by atoms with Crippen molar-refractivity contribution < 1.29 is 22.7 Å². The highest BCUT2D eigenvalue weighted by Crippen LogP contribution is 2.27. The SMILES string of the molecule is COc1ccc(CCNC(=O)C(C)NS(=O)(=O)C=Cc2ccccc2)cc1OC. The Morgan fingerprint density at radius 3 is 2.41 bits per heavy atom. The molecular formula is C21H26N2O5S. The fraction of sp³-hybridized carbons (Fsp3) is 0.286. The second-order valence-corrected chi connectivity index (χ2v) is 7.93. The van der Waals surface area contributed by atoms with Gasteiger partial charge in [0.1, 0.15) is 0 Å². The van der Waals surface area contributed by atoms with Crippen molar-refractivity contribution >= 4 is 22.0 Å². The summed E-state index contributed by atoms with van der Waals surface area (Å²) in [5.74, 6) is 0.844. The summed E-state index contributed by atoms with van der Waals surface area (Å²) in [4.78, 5) is 12.2. The molecule has 0 saturated carbocycles. The van der Waals surface area contributed by atoms with Crippen molar-refractivity contribution in [2.24, 2.45) is 0 Å². The molecule has 2 N–H and O–H groups in total. The van der Waals surface area contributed by atoms with Gasteiger partial charge in [-0.1, -0.05) is 36.4 Å². The third-order valence-electron chi connectivity index (χ3n) is 4.13. The van der Waals surface area contributed by atoms with Gasteiger partial charge in [-0.3, -0.25) is 4.79 Å². The van der Waals surface area contributed by atoms with Gasteiger partial charge >= 0.3 is 0 Å². The van der Waals surface area contributed by atoms with Crippen LogP contribution in [0.2, 0.25) is 0 Å². The molecule has 0 fully saturated rings. The van der Waals surface area contributed by atoms with E-state index in [9.17, 15) is 13.2 Å². The molecule has 2 aromatic rings. The summed E-state index contributed by atoms with van der Waals surface area (Å²) in [6, 6.07) is 13.7. The molecule has 0 spiro atoms. The van der Waals surface area contributed by atoms with Gasteiger partial charge in [0, 0.05) is 12.0 Å². The normalized spacial score (nSPS) is 12.5. The van der Waals surface area contributed by atoms with Gasteiger partial charge in [0.2, 0.25) is 15.9 Å². The van der Waals surface area contributed by atoms with E-state index in [1.165, 1.54) is 13.0 Å². The first-order valence-corrected chi connectivity index (χ1v) is 10.6. The van der Waals surface area contributed by atoms with Gasteiger partial charge in [0.25, 0.3) is 0 Å². The predicted molar refractivity (Wildman–Crippen MR) is 113 cm³/mol. The van der Waals surface area contributed by atoms with Crippen LogP contribution in [0.5, 0.6) is 11.5 Å². The van der Waals surface area contributed by atoms with Crippen molar-refractivity contribution in [2.45, 2.75) is 19.4 Å². The third kappa shape index (κ3) is 7.24. The Kier molecular flexibility index (Phi) is 8.23. The zero-order chi connectivity index (χ0) is 21.3. The molecule has 0 aromatic heterocycles. The second kappa shape index (κ2) is 10.6. The largest absolute Gasteiger partial charge is 0.493 e. The van der Waals surface area contributed by atoms with E-state index in [4.69, 9.17) is 9.47 Å². The van der Waals surface area contributed by atoms with Gasteiger partial charge in [-0.05, 0) is 42.7 Å². The molecule has 8 heteroatoms. The van der Waals surface area contributed by atoms with E-state index < -0.39 is 22.0 Å². The minimum absolute atomic E-state index is 0.361. The summed E-state index contributed by atoms with van der Waals surface area (Å²) >= 11 is 0. The average Bonchev–Trinajstić information content (AvgIpc) is 2.72. The van der Waals surface area contributed by atoms with E-state index in [0.29, 0.717) is 24.5 Å². The first kappa shape index (κ1) is 22.4. The van der Waals surface area contributed by atoms with E-state index in [1.54, 1.807) is 32.4 Å². The Bertz CT molecular complexity index is 943. The minimum atomic E-state index is -3.74. The van der Waals surface area contributed by atoms with Crippen LogP contribution in [0.3, 0.4) is 0 Å². The van der Waals surface area contributed by atoms with Crippen molar-refractivity contribution in [3.63, 3.8) is 0 Å². The first-order valence-electron chi connectivity index (χ1n) is 9.08. The summed E-state index contributed by atoms with van der Waals surface area (Å²) in [6.45, 7) is 1.86. The van der Waals surface area contributed by atoms with Crippen LogP contribution in [0.4, 0.5) is 0 Å². The molecule has 2 rings (SSSR count). The monoisotopic (exact) mass is 418 g/mol. The maximum absolute atomic E-state index is 12.2. The summed E-state index contributed by atoms with van der Waals surface area (Å²) in [5, 5.41) is 3.78. The lowest BCUT2D eigenvalue weighted by Crippen LogP contribution is -2.44. The fourth-order valence-corrected chi connectivity index (χ4v) is 3.61. The minimum Gasteiger partial charge on any atom is -0.493 e. The highest BCUT2D eigenvalue weighted by Gasteiger charge is 2.18. The predicted octanol–water partition coefficient (Wildman–Crippen LogP) is 2.34. The summed E-state index contributed by atoms with van der Waals surface area (Å²) in [7, 11) is -0.616. The van der Waals surface area contributed by atoms with Crippen LogP contribution >= 0.6 is 0 Å². The lowest BCUT2D eigenvalue weighted by Gasteiger charge is -2.13. The molecular weight excluding hydrogens is 392 g/mol. The number of ether oxygens (including phenoxy) is 2. The smallest absolute Gasteiger partial charge is 0.237 e. The third-order valence-corrected chi connectivity index (χ3v) is 5.31. The van der Waals surface area contributed by atoms with Gasteiger partial charge in [0.15, 0.2) is 11.5 Å². The molecule has 0 aliphatic heterocycles. The molecule has 0 heterocycles. The van der Waals surface area contributed by atoms with Gasteiger partial charge in [-0.15, -0.1) is 0 Å². The van der Waals surface area contributed by atoms with E-state index >= 15 is 0 Å². The number of sulfonamides is 1. The van der Waals surface area contributed by atoms with E-state index in [2.05, 4.69) is 10.0 Å². The van der Waals surface area contributed by atoms with Crippen molar-refractivity contribution in [1.82, 2.24) is 10.0 Å². The van der Waals surface area contributed by atoms with Crippen molar-refractivity contribution in [3.8, 4) is 11.5 Å². The Hall–Kier alpha value is -2.84.